The molecule has 0 bridgehead atoms. The molecule has 0 amide bonds. The zero-order chi connectivity index (χ0) is 12.3. The molecule has 1 atom stereocenters. The minimum Gasteiger partial charge on any atom is -0.270 e. The van der Waals surface area contributed by atoms with E-state index in [4.69, 9.17) is 12.3 Å². The van der Waals surface area contributed by atoms with Gasteiger partial charge in [0.25, 0.3) is 0 Å². The first-order valence-corrected chi connectivity index (χ1v) is 4.98. The molecule has 1 rings (SSSR count). The summed E-state index contributed by atoms with van der Waals surface area (Å²) < 4.78 is 37.7. The molecule has 6 heteroatoms. The molecule has 0 aliphatic rings. The lowest BCUT2D eigenvalue weighted by Gasteiger charge is -2.14. The van der Waals surface area contributed by atoms with Crippen molar-refractivity contribution in [3.05, 3.63) is 33.8 Å². The Balaban J connectivity index is 3.23. The zero-order valence-electron chi connectivity index (χ0n) is 7.98. The highest BCUT2D eigenvalue weighted by molar-refractivity contribution is 9.10. The number of alkyl halides is 3. The van der Waals surface area contributed by atoms with Crippen LogP contribution >= 0.6 is 15.9 Å². The molecule has 3 N–H and O–H groups in total. The highest BCUT2D eigenvalue weighted by Crippen LogP contribution is 2.36. The van der Waals surface area contributed by atoms with Crippen molar-refractivity contribution >= 4 is 15.9 Å². The Hall–Kier alpha value is -1.03. The zero-order valence-corrected chi connectivity index (χ0v) is 9.56. The number of hydrogen-bond donors (Lipinski definition) is 2. The van der Waals surface area contributed by atoms with Gasteiger partial charge in [0.1, 0.15) is 6.04 Å². The van der Waals surface area contributed by atoms with E-state index in [0.717, 1.165) is 6.07 Å². The van der Waals surface area contributed by atoms with Gasteiger partial charge in [-0.2, -0.15) is 13.2 Å². The lowest BCUT2D eigenvalue weighted by molar-refractivity contribution is -0.138. The van der Waals surface area contributed by atoms with Crippen molar-refractivity contribution in [1.82, 2.24) is 5.43 Å². The summed E-state index contributed by atoms with van der Waals surface area (Å²) in [5, 5.41) is 0. The number of rotatable bonds is 2. The lowest BCUT2D eigenvalue weighted by atomic mass is 10.0. The molecule has 0 aromatic heterocycles. The molecule has 2 nitrogen and oxygen atoms in total. The molecule has 86 valence electrons. The van der Waals surface area contributed by atoms with Crippen LogP contribution in [0.2, 0.25) is 0 Å². The van der Waals surface area contributed by atoms with Gasteiger partial charge >= 0.3 is 6.18 Å². The van der Waals surface area contributed by atoms with Crippen molar-refractivity contribution in [3.8, 4) is 12.3 Å². The van der Waals surface area contributed by atoms with Crippen LogP contribution in [-0.4, -0.2) is 0 Å². The number of hydrogen-bond acceptors (Lipinski definition) is 2. The normalized spacial score (nSPS) is 13.2. The van der Waals surface area contributed by atoms with Gasteiger partial charge in [0.2, 0.25) is 0 Å². The monoisotopic (exact) mass is 292 g/mol. The molecule has 0 fully saturated rings. The van der Waals surface area contributed by atoms with Crippen LogP contribution in [0.1, 0.15) is 17.2 Å². The summed E-state index contributed by atoms with van der Waals surface area (Å²) in [5.74, 6) is 7.37. The third kappa shape index (κ3) is 2.76. The average Bonchev–Trinajstić information content (AvgIpc) is 2.20. The first-order valence-electron chi connectivity index (χ1n) is 4.19. The summed E-state index contributed by atoms with van der Waals surface area (Å²) in [6, 6.07) is 2.99. The number of hydrazine groups is 1. The summed E-state index contributed by atoms with van der Waals surface area (Å²) in [6.45, 7) is 0. The molecule has 16 heavy (non-hydrogen) atoms. The van der Waals surface area contributed by atoms with E-state index in [1.165, 1.54) is 12.1 Å². The largest absolute Gasteiger partial charge is 0.417 e. The fraction of sp³-hybridized carbons (Fsp3) is 0.200. The van der Waals surface area contributed by atoms with Crippen LogP contribution in [0.4, 0.5) is 13.2 Å². The molecule has 1 aromatic rings. The maximum absolute atomic E-state index is 12.6. The highest BCUT2D eigenvalue weighted by atomic mass is 79.9. The number of benzene rings is 1. The smallest absolute Gasteiger partial charge is 0.270 e. The first-order chi connectivity index (χ1) is 7.40. The summed E-state index contributed by atoms with van der Waals surface area (Å²) in [5.41, 5.74) is 1.76. The second-order valence-electron chi connectivity index (χ2n) is 3.00. The van der Waals surface area contributed by atoms with E-state index in [2.05, 4.69) is 27.3 Å². The molecule has 0 saturated carbocycles. The molecule has 0 spiro atoms. The quantitative estimate of drug-likeness (QED) is 0.500. The summed E-state index contributed by atoms with van der Waals surface area (Å²) in [6.07, 6.45) is 0.699. The average molecular weight is 293 g/mol. The summed E-state index contributed by atoms with van der Waals surface area (Å²) in [4.78, 5) is 0. The number of terminal acetylenes is 1. The van der Waals surface area contributed by atoms with Crippen LogP contribution in [0.15, 0.2) is 22.7 Å². The van der Waals surface area contributed by atoms with Crippen molar-refractivity contribution in [2.45, 2.75) is 12.2 Å². The van der Waals surface area contributed by atoms with Crippen molar-refractivity contribution in [1.29, 1.82) is 0 Å². The Morgan fingerprint density at radius 3 is 2.50 bits per heavy atom. The minimum atomic E-state index is -4.43. The van der Waals surface area contributed by atoms with Gasteiger partial charge in [0.15, 0.2) is 0 Å². The molecule has 1 aromatic carbocycles. The van der Waals surface area contributed by atoms with Crippen molar-refractivity contribution in [2.24, 2.45) is 5.84 Å². The number of halogens is 4. The van der Waals surface area contributed by atoms with E-state index in [0.29, 0.717) is 5.56 Å². The van der Waals surface area contributed by atoms with E-state index in [9.17, 15) is 13.2 Å². The van der Waals surface area contributed by atoms with Crippen LogP contribution in [0.25, 0.3) is 0 Å². The topological polar surface area (TPSA) is 38.0 Å². The van der Waals surface area contributed by atoms with E-state index < -0.39 is 17.8 Å². The van der Waals surface area contributed by atoms with Crippen LogP contribution < -0.4 is 11.3 Å². The minimum absolute atomic E-state index is 0.0310. The third-order valence-corrected chi connectivity index (χ3v) is 2.65. The maximum atomic E-state index is 12.6. The molecule has 0 heterocycles. The second kappa shape index (κ2) is 4.87. The second-order valence-corrected chi connectivity index (χ2v) is 3.86. The maximum Gasteiger partial charge on any atom is 0.417 e. The number of nitrogens with one attached hydrogen (secondary N) is 1. The summed E-state index contributed by atoms with van der Waals surface area (Å²) >= 11 is 2.84. The van der Waals surface area contributed by atoms with Crippen molar-refractivity contribution in [3.63, 3.8) is 0 Å². The van der Waals surface area contributed by atoms with Gasteiger partial charge in [0.05, 0.1) is 5.56 Å². The highest BCUT2D eigenvalue weighted by Gasteiger charge is 2.33. The Morgan fingerprint density at radius 1 is 1.44 bits per heavy atom. The predicted molar refractivity (Wildman–Crippen MR) is 58.0 cm³/mol. The van der Waals surface area contributed by atoms with Gasteiger partial charge in [-0.05, 0) is 17.7 Å². The third-order valence-electron chi connectivity index (χ3n) is 1.96. The molecular weight excluding hydrogens is 285 g/mol. The van der Waals surface area contributed by atoms with Gasteiger partial charge in [-0.15, -0.1) is 6.42 Å². The van der Waals surface area contributed by atoms with Crippen molar-refractivity contribution < 1.29 is 13.2 Å². The molecule has 0 aliphatic heterocycles. The fourth-order valence-electron chi connectivity index (χ4n) is 1.18. The van der Waals surface area contributed by atoms with Gasteiger partial charge in [-0.3, -0.25) is 5.84 Å². The van der Waals surface area contributed by atoms with E-state index in [1.54, 1.807) is 0 Å². The van der Waals surface area contributed by atoms with E-state index in [-0.39, 0.29) is 4.47 Å². The van der Waals surface area contributed by atoms with Gasteiger partial charge < -0.3 is 0 Å². The predicted octanol–water partition coefficient (Wildman–Crippen LogP) is 2.61. The van der Waals surface area contributed by atoms with Gasteiger partial charge in [-0.25, -0.2) is 5.43 Å². The SMILES string of the molecule is C#CC(NN)c1ccc(Br)c(C(F)(F)F)c1. The van der Waals surface area contributed by atoms with Gasteiger partial charge in [0, 0.05) is 4.47 Å². The Kier molecular flexibility index (Phi) is 3.97. The van der Waals surface area contributed by atoms with Crippen LogP contribution in [0.5, 0.6) is 0 Å². The molecule has 0 saturated heterocycles. The van der Waals surface area contributed by atoms with Crippen molar-refractivity contribution in [2.75, 3.05) is 0 Å². The molecule has 0 aliphatic carbocycles. The van der Waals surface area contributed by atoms with E-state index >= 15 is 0 Å². The Labute approximate surface area is 99.1 Å². The Bertz CT molecular complexity index is 423. The summed E-state index contributed by atoms with van der Waals surface area (Å²) in [7, 11) is 0. The fourth-order valence-corrected chi connectivity index (χ4v) is 1.65. The van der Waals surface area contributed by atoms with Crippen LogP contribution in [0, 0.1) is 12.3 Å². The first kappa shape index (κ1) is 13.0. The molecule has 1 unspecified atom stereocenters. The van der Waals surface area contributed by atoms with E-state index in [1.807, 2.05) is 0 Å². The van der Waals surface area contributed by atoms with Gasteiger partial charge in [-0.1, -0.05) is 27.9 Å². The standard InChI is InChI=1S/C10H8BrF3N2/c1-2-9(16-15)6-3-4-8(11)7(5-6)10(12,13)14/h1,3-5,9,16H,15H2. The Morgan fingerprint density at radius 2 is 2.06 bits per heavy atom. The lowest BCUT2D eigenvalue weighted by Crippen LogP contribution is -2.27. The van der Waals surface area contributed by atoms with Crippen LogP contribution in [0.3, 0.4) is 0 Å². The molecule has 0 radical (unpaired) electrons. The van der Waals surface area contributed by atoms with Crippen LogP contribution in [-0.2, 0) is 6.18 Å². The molecular formula is C10H8BrF3N2. The number of nitrogens with two attached hydrogens (primary N) is 1.